The third kappa shape index (κ3) is 2.83. The topological polar surface area (TPSA) is 32.3 Å². The van der Waals surface area contributed by atoms with Gasteiger partial charge < -0.3 is 10.2 Å². The summed E-state index contributed by atoms with van der Waals surface area (Å²) in [4.78, 5) is 14.7. The lowest BCUT2D eigenvalue weighted by atomic mass is 10.0. The van der Waals surface area contributed by atoms with Crippen molar-refractivity contribution in [2.75, 3.05) is 19.6 Å². The number of likely N-dealkylation sites (tertiary alicyclic amines) is 1. The van der Waals surface area contributed by atoms with Gasteiger partial charge in [0.15, 0.2) is 0 Å². The van der Waals surface area contributed by atoms with Crippen molar-refractivity contribution in [1.29, 1.82) is 0 Å². The Bertz CT molecular complexity index is 606. The van der Waals surface area contributed by atoms with Crippen molar-refractivity contribution in [1.82, 2.24) is 10.2 Å². The summed E-state index contributed by atoms with van der Waals surface area (Å²) in [7, 11) is 0. The Hall–Kier alpha value is -1.03. The van der Waals surface area contributed by atoms with Crippen molar-refractivity contribution in [3.63, 3.8) is 0 Å². The Morgan fingerprint density at radius 2 is 2.05 bits per heavy atom. The van der Waals surface area contributed by atoms with Gasteiger partial charge in [-0.1, -0.05) is 29.3 Å². The molecule has 2 aliphatic heterocycles. The van der Waals surface area contributed by atoms with E-state index in [1.54, 1.807) is 6.07 Å². The number of halogens is 2. The molecule has 0 aromatic heterocycles. The molecule has 1 unspecified atom stereocenters. The lowest BCUT2D eigenvalue weighted by Crippen LogP contribution is -2.39. The molecule has 1 aromatic carbocycles. The van der Waals surface area contributed by atoms with E-state index >= 15 is 0 Å². The molecular formula is C16H18Cl2N2O. The fourth-order valence-electron chi connectivity index (χ4n) is 2.96. The van der Waals surface area contributed by atoms with Gasteiger partial charge in [0, 0.05) is 25.2 Å². The Balaban J connectivity index is 1.85. The molecule has 1 aromatic rings. The first-order valence-electron chi connectivity index (χ1n) is 7.23. The van der Waals surface area contributed by atoms with Gasteiger partial charge in [-0.3, -0.25) is 4.79 Å². The Kier molecular flexibility index (Phi) is 4.25. The van der Waals surface area contributed by atoms with E-state index in [0.717, 1.165) is 43.6 Å². The predicted octanol–water partition coefficient (Wildman–Crippen LogP) is 3.58. The lowest BCUT2D eigenvalue weighted by molar-refractivity contribution is -0.128. The summed E-state index contributed by atoms with van der Waals surface area (Å²) in [6.45, 7) is 4.41. The fourth-order valence-corrected chi connectivity index (χ4v) is 3.26. The van der Waals surface area contributed by atoms with Crippen LogP contribution in [0.25, 0.3) is 0 Å². The van der Waals surface area contributed by atoms with Crippen molar-refractivity contribution in [2.24, 2.45) is 0 Å². The van der Waals surface area contributed by atoms with Gasteiger partial charge in [0.25, 0.3) is 0 Å². The van der Waals surface area contributed by atoms with E-state index in [4.69, 9.17) is 23.2 Å². The first kappa shape index (κ1) is 14.9. The van der Waals surface area contributed by atoms with E-state index in [0.29, 0.717) is 10.0 Å². The van der Waals surface area contributed by atoms with Crippen LogP contribution in [0.1, 0.15) is 31.4 Å². The van der Waals surface area contributed by atoms with Gasteiger partial charge in [-0.2, -0.15) is 0 Å². The summed E-state index contributed by atoms with van der Waals surface area (Å²) in [5.41, 5.74) is 3.18. The van der Waals surface area contributed by atoms with Gasteiger partial charge >= 0.3 is 0 Å². The molecule has 1 N–H and O–H groups in total. The van der Waals surface area contributed by atoms with E-state index in [2.05, 4.69) is 5.32 Å². The zero-order valence-electron chi connectivity index (χ0n) is 12.0. The molecule has 0 radical (unpaired) electrons. The molecule has 0 aliphatic carbocycles. The second-order valence-corrected chi connectivity index (χ2v) is 6.48. The Morgan fingerprint density at radius 1 is 1.29 bits per heavy atom. The van der Waals surface area contributed by atoms with E-state index in [9.17, 15) is 4.79 Å². The second-order valence-electron chi connectivity index (χ2n) is 5.66. The first-order chi connectivity index (χ1) is 10.1. The third-order valence-corrected chi connectivity index (χ3v) is 5.11. The van der Waals surface area contributed by atoms with Crippen molar-refractivity contribution < 1.29 is 4.79 Å². The SMILES string of the molecule is CC(C(=O)N1CCCC1c1ccc(Cl)c(Cl)c1)=C1CNC1. The predicted molar refractivity (Wildman–Crippen MR) is 85.7 cm³/mol. The van der Waals surface area contributed by atoms with Crippen LogP contribution < -0.4 is 5.32 Å². The molecule has 1 atom stereocenters. The highest BCUT2D eigenvalue weighted by Gasteiger charge is 2.32. The second kappa shape index (κ2) is 5.99. The smallest absolute Gasteiger partial charge is 0.250 e. The van der Waals surface area contributed by atoms with Crippen LogP contribution in [0, 0.1) is 0 Å². The molecule has 2 heterocycles. The van der Waals surface area contributed by atoms with Crippen LogP contribution in [0.4, 0.5) is 0 Å². The maximum absolute atomic E-state index is 12.7. The standard InChI is InChI=1S/C16H18Cl2N2O/c1-10(12-8-19-9-12)16(21)20-6-2-3-15(20)11-4-5-13(17)14(18)7-11/h4-5,7,15,19H,2-3,6,8-9H2,1H3. The monoisotopic (exact) mass is 324 g/mol. The molecule has 0 bridgehead atoms. The lowest BCUT2D eigenvalue weighted by Gasteiger charge is -2.28. The zero-order chi connectivity index (χ0) is 15.0. The van der Waals surface area contributed by atoms with Crippen molar-refractivity contribution in [3.8, 4) is 0 Å². The number of amides is 1. The van der Waals surface area contributed by atoms with Crippen LogP contribution >= 0.6 is 23.2 Å². The molecule has 3 rings (SSSR count). The Morgan fingerprint density at radius 3 is 2.67 bits per heavy atom. The summed E-state index contributed by atoms with van der Waals surface area (Å²) >= 11 is 12.1. The molecule has 3 nitrogen and oxygen atoms in total. The van der Waals surface area contributed by atoms with Crippen LogP contribution in [0.5, 0.6) is 0 Å². The van der Waals surface area contributed by atoms with Crippen LogP contribution in [0.15, 0.2) is 29.3 Å². The summed E-state index contributed by atoms with van der Waals surface area (Å²) in [6, 6.07) is 5.77. The van der Waals surface area contributed by atoms with E-state index < -0.39 is 0 Å². The fraction of sp³-hybridized carbons (Fsp3) is 0.438. The van der Waals surface area contributed by atoms with Gasteiger partial charge in [-0.15, -0.1) is 0 Å². The quantitative estimate of drug-likeness (QED) is 0.843. The van der Waals surface area contributed by atoms with E-state index in [1.807, 2.05) is 24.0 Å². The minimum Gasteiger partial charge on any atom is -0.332 e. The molecular weight excluding hydrogens is 307 g/mol. The molecule has 2 fully saturated rings. The molecule has 0 spiro atoms. The number of benzene rings is 1. The number of hydrogen-bond donors (Lipinski definition) is 1. The number of nitrogens with one attached hydrogen (secondary N) is 1. The van der Waals surface area contributed by atoms with Gasteiger partial charge in [0.05, 0.1) is 16.1 Å². The average Bonchev–Trinajstić information content (AvgIpc) is 2.88. The number of nitrogens with zero attached hydrogens (tertiary/aromatic N) is 1. The summed E-state index contributed by atoms with van der Waals surface area (Å²) in [5.74, 6) is 0.153. The minimum atomic E-state index is 0.107. The number of carbonyl (C=O) groups is 1. The van der Waals surface area contributed by atoms with E-state index in [-0.39, 0.29) is 11.9 Å². The highest BCUT2D eigenvalue weighted by molar-refractivity contribution is 6.42. The maximum Gasteiger partial charge on any atom is 0.250 e. The molecule has 5 heteroatoms. The molecule has 2 aliphatic rings. The third-order valence-electron chi connectivity index (χ3n) is 4.37. The molecule has 21 heavy (non-hydrogen) atoms. The van der Waals surface area contributed by atoms with Crippen LogP contribution in [-0.2, 0) is 4.79 Å². The molecule has 0 saturated carbocycles. The van der Waals surface area contributed by atoms with Crippen LogP contribution in [0.3, 0.4) is 0 Å². The summed E-state index contributed by atoms with van der Waals surface area (Å²) < 4.78 is 0. The summed E-state index contributed by atoms with van der Waals surface area (Å²) in [5, 5.41) is 4.28. The van der Waals surface area contributed by atoms with Gasteiger partial charge in [0.2, 0.25) is 5.91 Å². The number of carbonyl (C=O) groups excluding carboxylic acids is 1. The van der Waals surface area contributed by atoms with Crippen molar-refractivity contribution >= 4 is 29.1 Å². The zero-order valence-corrected chi connectivity index (χ0v) is 13.5. The average molecular weight is 325 g/mol. The number of hydrogen-bond acceptors (Lipinski definition) is 2. The first-order valence-corrected chi connectivity index (χ1v) is 7.99. The van der Waals surface area contributed by atoms with Crippen LogP contribution in [-0.4, -0.2) is 30.4 Å². The Labute approximate surface area is 134 Å². The number of rotatable bonds is 2. The van der Waals surface area contributed by atoms with Crippen molar-refractivity contribution in [3.05, 3.63) is 45.0 Å². The van der Waals surface area contributed by atoms with Gasteiger partial charge in [-0.25, -0.2) is 0 Å². The largest absolute Gasteiger partial charge is 0.332 e. The van der Waals surface area contributed by atoms with Crippen LogP contribution in [0.2, 0.25) is 10.0 Å². The molecule has 112 valence electrons. The maximum atomic E-state index is 12.7. The minimum absolute atomic E-state index is 0.107. The highest BCUT2D eigenvalue weighted by Crippen LogP contribution is 2.36. The summed E-state index contributed by atoms with van der Waals surface area (Å²) in [6.07, 6.45) is 2.00. The molecule has 1 amide bonds. The van der Waals surface area contributed by atoms with Gasteiger partial charge in [0.1, 0.15) is 0 Å². The normalized spacial score (nSPS) is 21.4. The van der Waals surface area contributed by atoms with Crippen molar-refractivity contribution in [2.45, 2.75) is 25.8 Å². The highest BCUT2D eigenvalue weighted by atomic mass is 35.5. The molecule has 2 saturated heterocycles. The van der Waals surface area contributed by atoms with E-state index in [1.165, 1.54) is 5.57 Å². The van der Waals surface area contributed by atoms with Gasteiger partial charge in [-0.05, 0) is 43.0 Å².